The van der Waals surface area contributed by atoms with E-state index in [2.05, 4.69) is 20.2 Å². The number of rotatable bonds is 5. The van der Waals surface area contributed by atoms with Crippen molar-refractivity contribution < 1.29 is 11.0 Å². The summed E-state index contributed by atoms with van der Waals surface area (Å²) in [6, 6.07) is 16.6. The van der Waals surface area contributed by atoms with Crippen LogP contribution in [0.2, 0.25) is 0 Å². The molecule has 0 radical (unpaired) electrons. The first kappa shape index (κ1) is 17.9. The van der Waals surface area contributed by atoms with Crippen LogP contribution in [-0.2, 0) is 0 Å². The van der Waals surface area contributed by atoms with Crippen LogP contribution in [0.5, 0.6) is 11.6 Å². The molecule has 1 saturated heterocycles. The number of aromatic nitrogens is 2. The number of nitrogens with one attached hydrogen (secondary N) is 1. The number of nitrogens with two attached hydrogens (primary N) is 1. The van der Waals surface area contributed by atoms with Gasteiger partial charge in [-0.2, -0.15) is 0 Å². The molecule has 1 amide bonds. The molecule has 1 aromatic carbocycles. The van der Waals surface area contributed by atoms with E-state index in [-0.39, 0.29) is 13.4 Å². The monoisotopic (exact) mass is 377 g/mol. The number of pyridine rings is 2. The Labute approximate surface area is 164 Å². The predicted octanol–water partition coefficient (Wildman–Crippen LogP) is 3.30. The molecule has 0 spiro atoms. The minimum absolute atomic E-state index is 0. The SMILES string of the molecule is NC1CCN(c2ccc(NC(=O)c3ccc(Oc4ccccc4)nc3)cn2)C1.[HH]. The lowest BCUT2D eigenvalue weighted by Crippen LogP contribution is -2.26. The zero-order chi connectivity index (χ0) is 19.3. The van der Waals surface area contributed by atoms with E-state index in [1.54, 1.807) is 18.3 Å². The molecule has 4 rings (SSSR count). The van der Waals surface area contributed by atoms with Crippen molar-refractivity contribution in [3.8, 4) is 11.6 Å². The molecule has 1 atom stereocenters. The topological polar surface area (TPSA) is 93.4 Å². The number of anilines is 2. The Morgan fingerprint density at radius 3 is 2.61 bits per heavy atom. The van der Waals surface area contributed by atoms with Crippen molar-refractivity contribution in [1.29, 1.82) is 0 Å². The summed E-state index contributed by atoms with van der Waals surface area (Å²) in [5, 5.41) is 2.83. The Kier molecular flexibility index (Phi) is 5.16. The van der Waals surface area contributed by atoms with Gasteiger partial charge in [-0.3, -0.25) is 4.79 Å². The first-order chi connectivity index (χ1) is 13.7. The summed E-state index contributed by atoms with van der Waals surface area (Å²) in [6.45, 7) is 1.71. The maximum absolute atomic E-state index is 12.4. The molecule has 0 bridgehead atoms. The molecule has 7 heteroatoms. The highest BCUT2D eigenvalue weighted by Gasteiger charge is 2.20. The van der Waals surface area contributed by atoms with Crippen LogP contribution < -0.4 is 20.7 Å². The number of ether oxygens (including phenoxy) is 1. The summed E-state index contributed by atoms with van der Waals surface area (Å²) >= 11 is 0. The van der Waals surface area contributed by atoms with Crippen LogP contribution in [0.4, 0.5) is 11.5 Å². The van der Waals surface area contributed by atoms with Crippen LogP contribution in [0, 0.1) is 0 Å². The molecule has 1 fully saturated rings. The number of hydrogen-bond acceptors (Lipinski definition) is 6. The molecule has 28 heavy (non-hydrogen) atoms. The van der Waals surface area contributed by atoms with Crippen LogP contribution >= 0.6 is 0 Å². The van der Waals surface area contributed by atoms with Crippen LogP contribution in [0.1, 0.15) is 18.2 Å². The number of carbonyl (C=O) groups is 1. The quantitative estimate of drug-likeness (QED) is 0.709. The molecule has 3 N–H and O–H groups in total. The van der Waals surface area contributed by atoms with Crippen LogP contribution in [0.15, 0.2) is 67.0 Å². The van der Waals surface area contributed by atoms with Crippen molar-refractivity contribution in [1.82, 2.24) is 9.97 Å². The minimum Gasteiger partial charge on any atom is -0.439 e. The number of amides is 1. The standard InChI is InChI=1S/C21H21N5O2.H2/c22-16-10-11-26(14-16)19-8-7-17(13-23-19)25-21(27)15-6-9-20(24-12-15)28-18-4-2-1-3-5-18;/h1-9,12-13,16H,10-11,14,22H2,(H,25,27);1H. The Balaban J connectivity index is 0.00000240. The van der Waals surface area contributed by atoms with Gasteiger partial charge in [0.15, 0.2) is 0 Å². The highest BCUT2D eigenvalue weighted by atomic mass is 16.5. The normalized spacial score (nSPS) is 16.0. The summed E-state index contributed by atoms with van der Waals surface area (Å²) in [6.07, 6.45) is 4.11. The van der Waals surface area contributed by atoms with Gasteiger partial charge >= 0.3 is 0 Å². The van der Waals surface area contributed by atoms with Crippen molar-refractivity contribution in [2.24, 2.45) is 5.73 Å². The minimum atomic E-state index is -0.253. The van der Waals surface area contributed by atoms with Gasteiger partial charge in [0.2, 0.25) is 5.88 Å². The maximum Gasteiger partial charge on any atom is 0.257 e. The van der Waals surface area contributed by atoms with Gasteiger partial charge in [-0.15, -0.1) is 0 Å². The second kappa shape index (κ2) is 8.06. The van der Waals surface area contributed by atoms with Crippen molar-refractivity contribution in [2.75, 3.05) is 23.3 Å². The molecule has 0 saturated carbocycles. The molecular formula is C21H23N5O2. The molecule has 7 nitrogen and oxygen atoms in total. The highest BCUT2D eigenvalue weighted by molar-refractivity contribution is 6.04. The number of carbonyl (C=O) groups excluding carboxylic acids is 1. The maximum atomic E-state index is 12.4. The Bertz CT molecular complexity index is 936. The fourth-order valence-electron chi connectivity index (χ4n) is 3.03. The smallest absolute Gasteiger partial charge is 0.257 e. The van der Waals surface area contributed by atoms with Crippen LogP contribution in [0.3, 0.4) is 0 Å². The lowest BCUT2D eigenvalue weighted by atomic mass is 10.2. The van der Waals surface area contributed by atoms with Crippen molar-refractivity contribution in [3.05, 3.63) is 72.6 Å². The summed E-state index contributed by atoms with van der Waals surface area (Å²) in [5.74, 6) is 1.74. The van der Waals surface area contributed by atoms with Gasteiger partial charge < -0.3 is 20.7 Å². The zero-order valence-corrected chi connectivity index (χ0v) is 15.3. The lowest BCUT2D eigenvalue weighted by Gasteiger charge is -2.17. The van der Waals surface area contributed by atoms with Gasteiger partial charge in [0.05, 0.1) is 17.4 Å². The second-order valence-electron chi connectivity index (χ2n) is 6.65. The second-order valence-corrected chi connectivity index (χ2v) is 6.65. The summed E-state index contributed by atoms with van der Waals surface area (Å²) in [7, 11) is 0. The van der Waals surface area contributed by atoms with Crippen LogP contribution in [-0.4, -0.2) is 35.0 Å². The summed E-state index contributed by atoms with van der Waals surface area (Å²) in [5.41, 5.74) is 7.00. The molecule has 1 aliphatic rings. The fourth-order valence-corrected chi connectivity index (χ4v) is 3.03. The first-order valence-electron chi connectivity index (χ1n) is 9.14. The van der Waals surface area contributed by atoms with Gasteiger partial charge in [-0.05, 0) is 36.8 Å². The van der Waals surface area contributed by atoms with Crippen LogP contribution in [0.25, 0.3) is 0 Å². The molecule has 3 heterocycles. The van der Waals surface area contributed by atoms with E-state index in [9.17, 15) is 4.79 Å². The summed E-state index contributed by atoms with van der Waals surface area (Å²) < 4.78 is 5.63. The van der Waals surface area contributed by atoms with E-state index in [0.29, 0.717) is 22.9 Å². The first-order valence-corrected chi connectivity index (χ1v) is 9.14. The zero-order valence-electron chi connectivity index (χ0n) is 15.3. The molecule has 1 unspecified atom stereocenters. The largest absolute Gasteiger partial charge is 0.439 e. The number of para-hydroxylation sites is 1. The van der Waals surface area contributed by atoms with Gasteiger partial charge in [-0.25, -0.2) is 9.97 Å². The van der Waals surface area contributed by atoms with E-state index in [1.165, 1.54) is 6.20 Å². The third-order valence-electron chi connectivity index (χ3n) is 4.52. The van der Waals surface area contributed by atoms with E-state index in [4.69, 9.17) is 10.5 Å². The number of hydrogen-bond donors (Lipinski definition) is 2. The third kappa shape index (κ3) is 4.27. The van der Waals surface area contributed by atoms with Crippen molar-refractivity contribution in [2.45, 2.75) is 12.5 Å². The number of nitrogens with zero attached hydrogens (tertiary/aromatic N) is 3. The van der Waals surface area contributed by atoms with Gasteiger partial charge in [0.1, 0.15) is 11.6 Å². The summed E-state index contributed by atoms with van der Waals surface area (Å²) in [4.78, 5) is 23.2. The Morgan fingerprint density at radius 2 is 1.96 bits per heavy atom. The Hall–Kier alpha value is -3.45. The van der Waals surface area contributed by atoms with Gasteiger partial charge in [0, 0.05) is 32.8 Å². The van der Waals surface area contributed by atoms with Gasteiger partial charge in [-0.1, -0.05) is 18.2 Å². The van der Waals surface area contributed by atoms with Crippen molar-refractivity contribution >= 4 is 17.4 Å². The molecule has 1 aliphatic heterocycles. The molecular weight excluding hydrogens is 354 g/mol. The van der Waals surface area contributed by atoms with E-state index < -0.39 is 0 Å². The molecule has 144 valence electrons. The predicted molar refractivity (Wildman–Crippen MR) is 110 cm³/mol. The third-order valence-corrected chi connectivity index (χ3v) is 4.52. The fraction of sp³-hybridized carbons (Fsp3) is 0.190. The van der Waals surface area contributed by atoms with E-state index in [0.717, 1.165) is 25.3 Å². The lowest BCUT2D eigenvalue weighted by molar-refractivity contribution is 0.102. The number of benzene rings is 1. The molecule has 2 aromatic heterocycles. The average Bonchev–Trinajstić information content (AvgIpc) is 3.16. The van der Waals surface area contributed by atoms with E-state index in [1.807, 2.05) is 42.5 Å². The molecule has 0 aliphatic carbocycles. The average molecular weight is 377 g/mol. The van der Waals surface area contributed by atoms with Gasteiger partial charge in [0.25, 0.3) is 5.91 Å². The Morgan fingerprint density at radius 1 is 1.11 bits per heavy atom. The van der Waals surface area contributed by atoms with Crippen molar-refractivity contribution in [3.63, 3.8) is 0 Å². The van der Waals surface area contributed by atoms with E-state index >= 15 is 0 Å². The molecule has 3 aromatic rings. The highest BCUT2D eigenvalue weighted by Crippen LogP contribution is 2.20.